The van der Waals surface area contributed by atoms with E-state index in [1.165, 1.54) is 0 Å². The monoisotopic (exact) mass is 354 g/mol. The SMILES string of the molecule is O=C(OC(C(=O)O)C(O)C(=O)O)C(=O)OC(C(=O)O)C(O)C(=O)O. The summed E-state index contributed by atoms with van der Waals surface area (Å²) in [5, 5.41) is 52.0. The quantitative estimate of drug-likeness (QED) is 0.179. The molecule has 0 aromatic carbocycles. The molecule has 0 spiro atoms. The number of carboxylic acid groups (broad SMARTS) is 4. The molecule has 0 aliphatic rings. The van der Waals surface area contributed by atoms with Crippen molar-refractivity contribution in [3.8, 4) is 0 Å². The maximum absolute atomic E-state index is 11.2. The maximum atomic E-state index is 11.2. The molecule has 6 N–H and O–H groups in total. The van der Waals surface area contributed by atoms with E-state index in [4.69, 9.17) is 30.6 Å². The molecular formula is C10H10O14. The Kier molecular flexibility index (Phi) is 7.25. The summed E-state index contributed by atoms with van der Waals surface area (Å²) >= 11 is 0. The summed E-state index contributed by atoms with van der Waals surface area (Å²) in [7, 11) is 0. The summed E-state index contributed by atoms with van der Waals surface area (Å²) in [6.07, 6.45) is -11.0. The lowest BCUT2D eigenvalue weighted by atomic mass is 10.2. The van der Waals surface area contributed by atoms with Crippen LogP contribution in [-0.2, 0) is 38.2 Å². The average molecular weight is 354 g/mol. The van der Waals surface area contributed by atoms with Crippen LogP contribution >= 0.6 is 0 Å². The summed E-state index contributed by atoms with van der Waals surface area (Å²) in [5.41, 5.74) is 0. The highest BCUT2D eigenvalue weighted by Gasteiger charge is 2.41. The van der Waals surface area contributed by atoms with Gasteiger partial charge in [0, 0.05) is 0 Å². The fraction of sp³-hybridized carbons (Fsp3) is 0.400. The van der Waals surface area contributed by atoms with Crippen molar-refractivity contribution in [3.63, 3.8) is 0 Å². The molecule has 0 radical (unpaired) electrons. The van der Waals surface area contributed by atoms with Gasteiger partial charge < -0.3 is 40.1 Å². The highest BCUT2D eigenvalue weighted by molar-refractivity contribution is 6.30. The molecule has 0 aliphatic carbocycles. The first kappa shape index (κ1) is 20.7. The van der Waals surface area contributed by atoms with Gasteiger partial charge in [-0.25, -0.2) is 28.8 Å². The largest absolute Gasteiger partial charge is 0.479 e. The molecule has 14 heteroatoms. The van der Waals surface area contributed by atoms with E-state index in [0.717, 1.165) is 0 Å². The smallest absolute Gasteiger partial charge is 0.418 e. The molecular weight excluding hydrogens is 344 g/mol. The fourth-order valence-corrected chi connectivity index (χ4v) is 1.09. The Morgan fingerprint density at radius 3 is 0.958 bits per heavy atom. The molecule has 134 valence electrons. The van der Waals surface area contributed by atoms with Gasteiger partial charge >= 0.3 is 35.8 Å². The highest BCUT2D eigenvalue weighted by atomic mass is 16.6. The highest BCUT2D eigenvalue weighted by Crippen LogP contribution is 2.06. The molecule has 14 nitrogen and oxygen atoms in total. The zero-order chi connectivity index (χ0) is 19.2. The molecule has 0 heterocycles. The third-order valence-corrected chi connectivity index (χ3v) is 2.20. The van der Waals surface area contributed by atoms with Gasteiger partial charge in [-0.15, -0.1) is 0 Å². The molecule has 0 aliphatic heterocycles. The molecule has 4 unspecified atom stereocenters. The predicted molar refractivity (Wildman–Crippen MR) is 62.3 cm³/mol. The Morgan fingerprint density at radius 1 is 0.542 bits per heavy atom. The van der Waals surface area contributed by atoms with Crippen LogP contribution in [0, 0.1) is 0 Å². The summed E-state index contributed by atoms with van der Waals surface area (Å²) in [6.45, 7) is 0. The third kappa shape index (κ3) is 5.50. The summed E-state index contributed by atoms with van der Waals surface area (Å²) in [6, 6.07) is 0. The number of hydrogen-bond donors (Lipinski definition) is 6. The van der Waals surface area contributed by atoms with Gasteiger partial charge in [0.2, 0.25) is 12.2 Å². The van der Waals surface area contributed by atoms with Gasteiger partial charge in [0.15, 0.2) is 12.2 Å². The minimum atomic E-state index is -2.76. The van der Waals surface area contributed by atoms with Crippen LogP contribution in [0.4, 0.5) is 0 Å². The second-order valence-electron chi connectivity index (χ2n) is 3.89. The minimum Gasteiger partial charge on any atom is -0.479 e. The Bertz CT molecular complexity index is 514. The lowest BCUT2D eigenvalue weighted by molar-refractivity contribution is -0.192. The number of aliphatic hydroxyl groups is 2. The van der Waals surface area contributed by atoms with Crippen LogP contribution in [0.25, 0.3) is 0 Å². The zero-order valence-corrected chi connectivity index (χ0v) is 11.3. The van der Waals surface area contributed by atoms with Crippen molar-refractivity contribution in [1.82, 2.24) is 0 Å². The molecule has 0 amide bonds. The van der Waals surface area contributed by atoms with Crippen LogP contribution < -0.4 is 0 Å². The van der Waals surface area contributed by atoms with Crippen molar-refractivity contribution in [3.05, 3.63) is 0 Å². The standard InChI is InChI=1S/C10H10O14/c11-1(5(13)14)3(7(17)18)23-9(21)10(22)24-4(8(19)20)2(12)6(15)16/h1-4,11-12H,(H,13,14)(H,15,16)(H,17,18)(H,19,20). The zero-order valence-electron chi connectivity index (χ0n) is 11.3. The lowest BCUT2D eigenvalue weighted by Crippen LogP contribution is -2.47. The van der Waals surface area contributed by atoms with Crippen LogP contribution in [0.1, 0.15) is 0 Å². The number of hydrogen-bond acceptors (Lipinski definition) is 10. The lowest BCUT2D eigenvalue weighted by Gasteiger charge is -2.18. The molecule has 0 rings (SSSR count). The molecule has 0 saturated heterocycles. The van der Waals surface area contributed by atoms with E-state index >= 15 is 0 Å². The van der Waals surface area contributed by atoms with Gasteiger partial charge in [-0.2, -0.15) is 0 Å². The second kappa shape index (κ2) is 8.39. The summed E-state index contributed by atoms with van der Waals surface area (Å²) in [4.78, 5) is 64.7. The van der Waals surface area contributed by atoms with Crippen molar-refractivity contribution < 1.29 is 68.9 Å². The fourth-order valence-electron chi connectivity index (χ4n) is 1.09. The first-order chi connectivity index (χ1) is 10.9. The van der Waals surface area contributed by atoms with Crippen LogP contribution in [0.3, 0.4) is 0 Å². The summed E-state index contributed by atoms with van der Waals surface area (Å²) < 4.78 is 7.70. The molecule has 0 bridgehead atoms. The van der Waals surface area contributed by atoms with E-state index in [-0.39, 0.29) is 0 Å². The Morgan fingerprint density at radius 2 is 0.792 bits per heavy atom. The molecule has 24 heavy (non-hydrogen) atoms. The van der Waals surface area contributed by atoms with Crippen molar-refractivity contribution in [1.29, 1.82) is 0 Å². The number of aliphatic hydroxyl groups excluding tert-OH is 2. The Labute approximate surface area is 130 Å². The topological polar surface area (TPSA) is 242 Å². The van der Waals surface area contributed by atoms with Crippen LogP contribution in [-0.4, -0.2) is 90.9 Å². The van der Waals surface area contributed by atoms with E-state index in [2.05, 4.69) is 9.47 Å². The van der Waals surface area contributed by atoms with Crippen molar-refractivity contribution in [2.45, 2.75) is 24.4 Å². The maximum Gasteiger partial charge on any atom is 0.418 e. The second-order valence-corrected chi connectivity index (χ2v) is 3.89. The molecule has 4 atom stereocenters. The Balaban J connectivity index is 5.12. The Hall–Kier alpha value is -3.26. The van der Waals surface area contributed by atoms with E-state index in [1.54, 1.807) is 0 Å². The molecule has 0 aromatic rings. The molecule has 0 aromatic heterocycles. The number of ether oxygens (including phenoxy) is 2. The first-order valence-corrected chi connectivity index (χ1v) is 5.59. The van der Waals surface area contributed by atoms with E-state index in [1.807, 2.05) is 0 Å². The summed E-state index contributed by atoms with van der Waals surface area (Å²) in [5.74, 6) is -13.0. The van der Waals surface area contributed by atoms with E-state index in [0.29, 0.717) is 0 Å². The number of rotatable bonds is 8. The van der Waals surface area contributed by atoms with Crippen molar-refractivity contribution in [2.75, 3.05) is 0 Å². The average Bonchev–Trinajstić information content (AvgIpc) is 2.47. The number of carbonyl (C=O) groups excluding carboxylic acids is 2. The van der Waals surface area contributed by atoms with Gasteiger partial charge in [-0.05, 0) is 0 Å². The third-order valence-electron chi connectivity index (χ3n) is 2.20. The number of carboxylic acids is 4. The van der Waals surface area contributed by atoms with Gasteiger partial charge in [0.25, 0.3) is 0 Å². The normalized spacial score (nSPS) is 15.2. The predicted octanol–water partition coefficient (Wildman–Crippen LogP) is -4.13. The van der Waals surface area contributed by atoms with E-state index in [9.17, 15) is 28.8 Å². The van der Waals surface area contributed by atoms with Gasteiger partial charge in [0.1, 0.15) is 0 Å². The van der Waals surface area contributed by atoms with Gasteiger partial charge in [0.05, 0.1) is 0 Å². The number of esters is 2. The van der Waals surface area contributed by atoms with Gasteiger partial charge in [-0.3, -0.25) is 0 Å². The number of aliphatic carboxylic acids is 4. The van der Waals surface area contributed by atoms with E-state index < -0.39 is 60.2 Å². The van der Waals surface area contributed by atoms with Crippen LogP contribution in [0.5, 0.6) is 0 Å². The number of carbonyl (C=O) groups is 6. The van der Waals surface area contributed by atoms with Crippen LogP contribution in [0.15, 0.2) is 0 Å². The van der Waals surface area contributed by atoms with Crippen molar-refractivity contribution in [2.24, 2.45) is 0 Å². The first-order valence-electron chi connectivity index (χ1n) is 5.59. The molecule has 0 saturated carbocycles. The molecule has 0 fully saturated rings. The minimum absolute atomic E-state index is 2.12. The van der Waals surface area contributed by atoms with Crippen LogP contribution in [0.2, 0.25) is 0 Å². The van der Waals surface area contributed by atoms with Crippen molar-refractivity contribution >= 4 is 35.8 Å². The van der Waals surface area contributed by atoms with Gasteiger partial charge in [-0.1, -0.05) is 0 Å².